The SMILES string of the molecule is C1CSC(c2noc(CCC3CCNC3)n2)C1. The van der Waals surface area contributed by atoms with Crippen molar-refractivity contribution in [1.82, 2.24) is 15.5 Å². The smallest absolute Gasteiger partial charge is 0.226 e. The minimum absolute atomic E-state index is 0.487. The normalized spacial score (nSPS) is 28.9. The zero-order valence-electron chi connectivity index (χ0n) is 10.0. The minimum Gasteiger partial charge on any atom is -0.339 e. The molecule has 0 amide bonds. The van der Waals surface area contributed by atoms with Gasteiger partial charge in [0.15, 0.2) is 5.82 Å². The second kappa shape index (κ2) is 5.40. The maximum Gasteiger partial charge on any atom is 0.226 e. The fourth-order valence-electron chi connectivity index (χ4n) is 2.57. The molecule has 0 spiro atoms. The molecule has 0 aliphatic carbocycles. The zero-order chi connectivity index (χ0) is 11.5. The lowest BCUT2D eigenvalue weighted by Crippen LogP contribution is -2.09. The van der Waals surface area contributed by atoms with Crippen LogP contribution < -0.4 is 5.32 Å². The number of hydrogen-bond acceptors (Lipinski definition) is 5. The third kappa shape index (κ3) is 2.83. The third-order valence-corrected chi connectivity index (χ3v) is 5.00. The Morgan fingerprint density at radius 2 is 2.41 bits per heavy atom. The summed E-state index contributed by atoms with van der Waals surface area (Å²) in [6.07, 6.45) is 5.89. The van der Waals surface area contributed by atoms with Crippen molar-refractivity contribution in [3.05, 3.63) is 11.7 Å². The van der Waals surface area contributed by atoms with E-state index in [2.05, 4.69) is 15.5 Å². The molecule has 5 heteroatoms. The highest BCUT2D eigenvalue weighted by Gasteiger charge is 2.23. The summed E-state index contributed by atoms with van der Waals surface area (Å²) < 4.78 is 5.34. The van der Waals surface area contributed by atoms with Gasteiger partial charge in [-0.25, -0.2) is 0 Å². The molecule has 2 aliphatic heterocycles. The Bertz CT molecular complexity index is 356. The summed E-state index contributed by atoms with van der Waals surface area (Å²) in [4.78, 5) is 4.53. The van der Waals surface area contributed by atoms with Gasteiger partial charge < -0.3 is 9.84 Å². The molecular weight excluding hydrogens is 234 g/mol. The van der Waals surface area contributed by atoms with Gasteiger partial charge in [0, 0.05) is 6.42 Å². The van der Waals surface area contributed by atoms with E-state index in [-0.39, 0.29) is 0 Å². The number of nitrogens with zero attached hydrogens (tertiary/aromatic N) is 2. The molecule has 94 valence electrons. The Balaban J connectivity index is 1.52. The van der Waals surface area contributed by atoms with Gasteiger partial charge in [0.1, 0.15) is 0 Å². The van der Waals surface area contributed by atoms with Crippen LogP contribution in [0.4, 0.5) is 0 Å². The molecule has 2 atom stereocenters. The van der Waals surface area contributed by atoms with Crippen molar-refractivity contribution < 1.29 is 4.52 Å². The van der Waals surface area contributed by atoms with Gasteiger partial charge >= 0.3 is 0 Å². The summed E-state index contributed by atoms with van der Waals surface area (Å²) in [5.74, 6) is 3.79. The molecule has 2 saturated heterocycles. The van der Waals surface area contributed by atoms with Gasteiger partial charge in [-0.1, -0.05) is 5.16 Å². The third-order valence-electron chi connectivity index (χ3n) is 3.63. The zero-order valence-corrected chi connectivity index (χ0v) is 10.8. The number of rotatable bonds is 4. The second-order valence-corrected chi connectivity index (χ2v) is 6.26. The van der Waals surface area contributed by atoms with Crippen LogP contribution in [0.15, 0.2) is 4.52 Å². The van der Waals surface area contributed by atoms with Gasteiger partial charge in [0.05, 0.1) is 5.25 Å². The lowest BCUT2D eigenvalue weighted by molar-refractivity contribution is 0.360. The highest BCUT2D eigenvalue weighted by molar-refractivity contribution is 7.99. The largest absolute Gasteiger partial charge is 0.339 e. The molecule has 2 unspecified atom stereocenters. The molecule has 2 fully saturated rings. The lowest BCUT2D eigenvalue weighted by atomic mass is 10.0. The fourth-order valence-corrected chi connectivity index (χ4v) is 3.77. The van der Waals surface area contributed by atoms with E-state index in [0.29, 0.717) is 5.25 Å². The highest BCUT2D eigenvalue weighted by Crippen LogP contribution is 2.38. The van der Waals surface area contributed by atoms with Crippen LogP contribution in [0, 0.1) is 5.92 Å². The van der Waals surface area contributed by atoms with E-state index in [1.54, 1.807) is 0 Å². The van der Waals surface area contributed by atoms with E-state index >= 15 is 0 Å². The van der Waals surface area contributed by atoms with Gasteiger partial charge in [-0.15, -0.1) is 0 Å². The number of aromatic nitrogens is 2. The van der Waals surface area contributed by atoms with Crippen molar-refractivity contribution in [2.45, 2.75) is 37.4 Å². The molecule has 0 radical (unpaired) electrons. The van der Waals surface area contributed by atoms with Crippen molar-refractivity contribution in [3.63, 3.8) is 0 Å². The summed E-state index contributed by atoms with van der Waals surface area (Å²) >= 11 is 1.96. The fraction of sp³-hybridized carbons (Fsp3) is 0.833. The van der Waals surface area contributed by atoms with Gasteiger partial charge in [-0.05, 0) is 50.4 Å². The first-order valence-electron chi connectivity index (χ1n) is 6.56. The molecule has 0 aromatic carbocycles. The van der Waals surface area contributed by atoms with Crippen LogP contribution in [0.5, 0.6) is 0 Å². The molecule has 1 N–H and O–H groups in total. The maximum absolute atomic E-state index is 5.34. The quantitative estimate of drug-likeness (QED) is 0.891. The lowest BCUT2D eigenvalue weighted by Gasteiger charge is -2.04. The van der Waals surface area contributed by atoms with Crippen LogP contribution in [-0.2, 0) is 6.42 Å². The molecular formula is C12H19N3OS. The summed E-state index contributed by atoms with van der Waals surface area (Å²) in [7, 11) is 0. The van der Waals surface area contributed by atoms with Crippen LogP contribution in [0.1, 0.15) is 42.6 Å². The van der Waals surface area contributed by atoms with E-state index in [1.807, 2.05) is 11.8 Å². The summed E-state index contributed by atoms with van der Waals surface area (Å²) in [6.45, 7) is 2.32. The monoisotopic (exact) mass is 253 g/mol. The van der Waals surface area contributed by atoms with Crippen molar-refractivity contribution in [3.8, 4) is 0 Å². The van der Waals surface area contributed by atoms with Crippen molar-refractivity contribution in [2.24, 2.45) is 5.92 Å². The number of nitrogens with one attached hydrogen (secondary N) is 1. The van der Waals surface area contributed by atoms with Crippen LogP contribution in [0.3, 0.4) is 0 Å². The van der Waals surface area contributed by atoms with Crippen molar-refractivity contribution >= 4 is 11.8 Å². The number of thioether (sulfide) groups is 1. The molecule has 1 aromatic heterocycles. The second-order valence-electron chi connectivity index (χ2n) is 4.95. The van der Waals surface area contributed by atoms with Crippen molar-refractivity contribution in [1.29, 1.82) is 0 Å². The van der Waals surface area contributed by atoms with Crippen LogP contribution >= 0.6 is 11.8 Å². The van der Waals surface area contributed by atoms with Gasteiger partial charge in [-0.3, -0.25) is 0 Å². The first-order valence-corrected chi connectivity index (χ1v) is 7.61. The van der Waals surface area contributed by atoms with Crippen molar-refractivity contribution in [2.75, 3.05) is 18.8 Å². The molecule has 2 aliphatic rings. The Labute approximate surface area is 106 Å². The Kier molecular flexibility index (Phi) is 3.66. The molecule has 17 heavy (non-hydrogen) atoms. The number of aryl methyl sites for hydroxylation is 1. The topological polar surface area (TPSA) is 51.0 Å². The molecule has 3 rings (SSSR count). The Morgan fingerprint density at radius 3 is 3.18 bits per heavy atom. The average Bonchev–Trinajstić information content (AvgIpc) is 3.09. The minimum atomic E-state index is 0.487. The van der Waals surface area contributed by atoms with Crippen LogP contribution in [0.2, 0.25) is 0 Å². The first kappa shape index (κ1) is 11.5. The number of hydrogen-bond donors (Lipinski definition) is 1. The molecule has 1 aromatic rings. The molecule has 3 heterocycles. The van der Waals surface area contributed by atoms with E-state index in [1.165, 1.54) is 38.0 Å². The van der Waals surface area contributed by atoms with Gasteiger partial charge in [-0.2, -0.15) is 16.7 Å². The first-order chi connectivity index (χ1) is 8.42. The summed E-state index contributed by atoms with van der Waals surface area (Å²) in [6, 6.07) is 0. The summed E-state index contributed by atoms with van der Waals surface area (Å²) in [5.41, 5.74) is 0. The van der Waals surface area contributed by atoms with E-state index < -0.39 is 0 Å². The van der Waals surface area contributed by atoms with Crippen LogP contribution in [0.25, 0.3) is 0 Å². The predicted octanol–water partition coefficient (Wildman–Crippen LogP) is 2.18. The molecule has 0 saturated carbocycles. The summed E-state index contributed by atoms with van der Waals surface area (Å²) in [5, 5.41) is 8.00. The van der Waals surface area contributed by atoms with E-state index in [4.69, 9.17) is 4.52 Å². The standard InChI is InChI=1S/C12H19N3OS/c1-2-10(17-7-1)12-14-11(16-15-12)4-3-9-5-6-13-8-9/h9-10,13H,1-8H2. The maximum atomic E-state index is 5.34. The Morgan fingerprint density at radius 1 is 1.41 bits per heavy atom. The Hall–Kier alpha value is -0.550. The predicted molar refractivity (Wildman–Crippen MR) is 68.0 cm³/mol. The van der Waals surface area contributed by atoms with Crippen LogP contribution in [-0.4, -0.2) is 29.0 Å². The van der Waals surface area contributed by atoms with E-state index in [9.17, 15) is 0 Å². The average molecular weight is 253 g/mol. The van der Waals surface area contributed by atoms with Gasteiger partial charge in [0.2, 0.25) is 5.89 Å². The van der Waals surface area contributed by atoms with E-state index in [0.717, 1.165) is 30.6 Å². The molecule has 0 bridgehead atoms. The van der Waals surface area contributed by atoms with Gasteiger partial charge in [0.25, 0.3) is 0 Å². The molecule has 4 nitrogen and oxygen atoms in total. The highest BCUT2D eigenvalue weighted by atomic mass is 32.2.